The number of carbonyl (C=O) groups is 2. The van der Waals surface area contributed by atoms with Gasteiger partial charge in [0.2, 0.25) is 0 Å². The molecule has 204 valence electrons. The molecule has 0 aliphatic rings. The molecule has 0 aromatic heterocycles. The van der Waals surface area contributed by atoms with E-state index in [0.717, 1.165) is 42.2 Å². The maximum absolute atomic E-state index is 12.4. The fourth-order valence-corrected chi connectivity index (χ4v) is 4.20. The highest BCUT2D eigenvalue weighted by Gasteiger charge is 2.06. The number of carboxylic acids is 1. The zero-order chi connectivity index (χ0) is 27.6. The lowest BCUT2D eigenvalue weighted by Gasteiger charge is -2.10. The van der Waals surface area contributed by atoms with Crippen LogP contribution in [0.15, 0.2) is 78.9 Å². The molecule has 0 radical (unpaired) electrons. The van der Waals surface area contributed by atoms with Crippen molar-refractivity contribution < 1.29 is 24.5 Å². The van der Waals surface area contributed by atoms with E-state index in [1.165, 1.54) is 11.1 Å². The Morgan fingerprint density at radius 2 is 1.63 bits per heavy atom. The second-order valence-corrected chi connectivity index (χ2v) is 9.92. The van der Waals surface area contributed by atoms with Crippen LogP contribution >= 0.6 is 11.8 Å². The first-order chi connectivity index (χ1) is 18.4. The van der Waals surface area contributed by atoms with Crippen LogP contribution in [-0.4, -0.2) is 73.1 Å². The minimum absolute atomic E-state index is 0.00530. The van der Waals surface area contributed by atoms with Crippen molar-refractivity contribution in [2.75, 3.05) is 46.2 Å². The number of aliphatic hydroxyl groups excluding tert-OH is 1. The number of carbonyl (C=O) groups excluding carboxylic acids is 1. The number of carboxylic acid groups (broad SMARTS) is 1. The predicted molar refractivity (Wildman–Crippen MR) is 155 cm³/mol. The first-order valence-electron chi connectivity index (χ1n) is 12.6. The highest BCUT2D eigenvalue weighted by molar-refractivity contribution is 7.98. The average molecular weight is 539 g/mol. The van der Waals surface area contributed by atoms with Gasteiger partial charge in [0.1, 0.15) is 12.4 Å². The summed E-state index contributed by atoms with van der Waals surface area (Å²) in [6.45, 7) is 1.68. The first-order valence-corrected chi connectivity index (χ1v) is 13.7. The van der Waals surface area contributed by atoms with Crippen molar-refractivity contribution in [1.29, 1.82) is 0 Å². The number of ether oxygens (including phenoxy) is 1. The third-order valence-electron chi connectivity index (χ3n) is 5.37. The molecule has 8 heteroatoms. The Morgan fingerprint density at radius 3 is 2.29 bits per heavy atom. The summed E-state index contributed by atoms with van der Waals surface area (Å²) in [6, 6.07) is 26.4. The van der Waals surface area contributed by atoms with Crippen LogP contribution in [0.3, 0.4) is 0 Å². The number of para-hydroxylation sites is 1. The molecule has 0 atom stereocenters. The molecular weight excluding hydrogens is 500 g/mol. The van der Waals surface area contributed by atoms with Crippen LogP contribution in [0.5, 0.6) is 5.75 Å². The molecule has 7 nitrogen and oxygen atoms in total. The van der Waals surface area contributed by atoms with Gasteiger partial charge < -0.3 is 25.2 Å². The van der Waals surface area contributed by atoms with Crippen molar-refractivity contribution in [3.63, 3.8) is 0 Å². The number of hydrogen-bond donors (Lipinski definition) is 3. The molecule has 1 amide bonds. The Balaban J connectivity index is 0.000000926. The zero-order valence-corrected chi connectivity index (χ0v) is 23.0. The number of amides is 1. The van der Waals surface area contributed by atoms with Crippen molar-refractivity contribution in [3.8, 4) is 16.9 Å². The maximum atomic E-state index is 12.4. The highest BCUT2D eigenvalue weighted by Crippen LogP contribution is 2.23. The molecule has 38 heavy (non-hydrogen) atoms. The molecule has 3 aromatic rings. The maximum Gasteiger partial charge on any atom is 0.329 e. The number of thioether (sulfide) groups is 1. The number of nitrogens with one attached hydrogen (secondary N) is 1. The van der Waals surface area contributed by atoms with Gasteiger partial charge in [0.05, 0.1) is 6.61 Å². The second kappa shape index (κ2) is 18.0. The number of hydrogen-bond acceptors (Lipinski definition) is 6. The molecule has 0 heterocycles. The molecule has 0 aliphatic heterocycles. The number of benzene rings is 3. The van der Waals surface area contributed by atoms with E-state index >= 15 is 0 Å². The van der Waals surface area contributed by atoms with Gasteiger partial charge in [-0.15, -0.1) is 0 Å². The minimum atomic E-state index is -1.19. The second-order valence-electron chi connectivity index (χ2n) is 8.81. The fourth-order valence-electron chi connectivity index (χ4n) is 3.44. The summed E-state index contributed by atoms with van der Waals surface area (Å²) in [4.78, 5) is 23.7. The number of nitrogens with zero attached hydrogens (tertiary/aromatic N) is 1. The Morgan fingerprint density at radius 1 is 0.921 bits per heavy atom. The molecule has 3 rings (SSSR count). The lowest BCUT2D eigenvalue weighted by Crippen LogP contribution is -2.25. The van der Waals surface area contributed by atoms with Crippen molar-refractivity contribution in [1.82, 2.24) is 10.2 Å². The lowest BCUT2D eigenvalue weighted by molar-refractivity contribution is -0.140. The predicted octanol–water partition coefficient (Wildman–Crippen LogP) is 4.80. The van der Waals surface area contributed by atoms with E-state index in [1.807, 2.05) is 66.4 Å². The quantitative estimate of drug-likeness (QED) is 0.254. The number of unbranched alkanes of at least 4 members (excludes halogenated alkanes) is 1. The third-order valence-corrected chi connectivity index (χ3v) is 6.36. The Labute approximate surface area is 229 Å². The molecular formula is C30H38N2O5S. The summed E-state index contributed by atoms with van der Waals surface area (Å²) in [5.41, 5.74) is 4.29. The van der Waals surface area contributed by atoms with E-state index < -0.39 is 12.6 Å². The minimum Gasteiger partial charge on any atom is -0.493 e. The van der Waals surface area contributed by atoms with Gasteiger partial charge in [-0.2, -0.15) is 11.8 Å². The SMILES string of the molecule is CN(C)CCCCNC(=O)c1ccc(-c2cccc(CSCCOc3ccccc3)c2)cc1.O=C(O)CO. The van der Waals surface area contributed by atoms with Crippen LogP contribution < -0.4 is 10.1 Å². The van der Waals surface area contributed by atoms with Crippen molar-refractivity contribution >= 4 is 23.6 Å². The summed E-state index contributed by atoms with van der Waals surface area (Å²) >= 11 is 1.87. The fraction of sp³-hybridized carbons (Fsp3) is 0.333. The van der Waals surface area contributed by atoms with Gasteiger partial charge in [0, 0.05) is 23.6 Å². The van der Waals surface area contributed by atoms with Gasteiger partial charge in [0.15, 0.2) is 0 Å². The topological polar surface area (TPSA) is 99.1 Å². The van der Waals surface area contributed by atoms with E-state index in [9.17, 15) is 4.79 Å². The van der Waals surface area contributed by atoms with E-state index in [0.29, 0.717) is 18.7 Å². The summed E-state index contributed by atoms with van der Waals surface area (Å²) in [6.07, 6.45) is 2.08. The van der Waals surface area contributed by atoms with Crippen molar-refractivity contribution in [2.45, 2.75) is 18.6 Å². The highest BCUT2D eigenvalue weighted by atomic mass is 32.2. The zero-order valence-electron chi connectivity index (χ0n) is 22.1. The van der Waals surface area contributed by atoms with E-state index in [1.54, 1.807) is 0 Å². The van der Waals surface area contributed by atoms with Crippen LogP contribution in [0.1, 0.15) is 28.8 Å². The van der Waals surface area contributed by atoms with E-state index in [2.05, 4.69) is 48.6 Å². The van der Waals surface area contributed by atoms with Crippen LogP contribution in [0, 0.1) is 0 Å². The standard InChI is InChI=1S/C28H34N2O2S.C2H4O3/c1-30(2)18-7-6-17-29-28(31)25-15-13-24(14-16-25)26-10-8-9-23(21-26)22-33-20-19-32-27-11-4-3-5-12-27;3-1-2(4)5/h3-5,8-16,21H,6-7,17-20,22H2,1-2H3,(H,29,31);3H,1H2,(H,4,5). The molecule has 0 saturated heterocycles. The van der Waals surface area contributed by atoms with Gasteiger partial charge in [0.25, 0.3) is 5.91 Å². The molecule has 0 unspecified atom stereocenters. The number of aliphatic carboxylic acids is 1. The van der Waals surface area contributed by atoms with Crippen LogP contribution in [-0.2, 0) is 10.5 Å². The summed E-state index contributed by atoms with van der Waals surface area (Å²) in [7, 11) is 4.13. The monoisotopic (exact) mass is 538 g/mol. The van der Waals surface area contributed by atoms with E-state index in [4.69, 9.17) is 19.7 Å². The number of rotatable bonds is 14. The largest absolute Gasteiger partial charge is 0.493 e. The average Bonchev–Trinajstić information content (AvgIpc) is 2.93. The molecule has 0 spiro atoms. The summed E-state index contributed by atoms with van der Waals surface area (Å²) in [5.74, 6) is 1.61. The molecule has 0 fully saturated rings. The van der Waals surface area contributed by atoms with Gasteiger partial charge in [-0.05, 0) is 74.4 Å². The van der Waals surface area contributed by atoms with Crippen molar-refractivity contribution in [3.05, 3.63) is 90.0 Å². The lowest BCUT2D eigenvalue weighted by atomic mass is 10.0. The Bertz CT molecular complexity index is 1090. The van der Waals surface area contributed by atoms with Crippen LogP contribution in [0.4, 0.5) is 0 Å². The van der Waals surface area contributed by atoms with Gasteiger partial charge >= 0.3 is 5.97 Å². The van der Waals surface area contributed by atoms with Gasteiger partial charge in [-0.1, -0.05) is 54.6 Å². The molecule has 0 bridgehead atoms. The summed E-state index contributed by atoms with van der Waals surface area (Å²) in [5, 5.41) is 18.0. The molecule has 3 aromatic carbocycles. The van der Waals surface area contributed by atoms with Crippen molar-refractivity contribution in [2.24, 2.45) is 0 Å². The molecule has 0 saturated carbocycles. The van der Waals surface area contributed by atoms with E-state index in [-0.39, 0.29) is 5.91 Å². The first kappa shape index (κ1) is 30.9. The number of aliphatic hydroxyl groups is 1. The third kappa shape index (κ3) is 12.8. The summed E-state index contributed by atoms with van der Waals surface area (Å²) < 4.78 is 5.76. The van der Waals surface area contributed by atoms with Crippen LogP contribution in [0.25, 0.3) is 11.1 Å². The smallest absolute Gasteiger partial charge is 0.329 e. The molecule has 0 aliphatic carbocycles. The van der Waals surface area contributed by atoms with Gasteiger partial charge in [-0.25, -0.2) is 4.79 Å². The normalized spacial score (nSPS) is 10.4. The Hall–Kier alpha value is -3.33. The van der Waals surface area contributed by atoms with Gasteiger partial charge in [-0.3, -0.25) is 4.79 Å². The van der Waals surface area contributed by atoms with Crippen LogP contribution in [0.2, 0.25) is 0 Å². The molecule has 3 N–H and O–H groups in total. The Kier molecular flexibility index (Phi) is 14.6.